The number of nitrogens with zero attached hydrogens (tertiary/aromatic N) is 2. The molecule has 0 aliphatic rings. The van der Waals surface area contributed by atoms with E-state index in [0.717, 1.165) is 0 Å². The van der Waals surface area contributed by atoms with Gasteiger partial charge in [-0.05, 0) is 49.8 Å². The third-order valence-corrected chi connectivity index (χ3v) is 6.15. The lowest BCUT2D eigenvalue weighted by Crippen LogP contribution is -2.57. The van der Waals surface area contributed by atoms with Gasteiger partial charge in [-0.1, -0.05) is 12.1 Å². The number of hydrogen-bond donors (Lipinski definition) is 11. The molecule has 4 unspecified atom stereocenters. The average Bonchev–Trinajstić information content (AvgIpc) is 2.94. The Labute approximate surface area is 253 Å². The molecule has 1 rings (SSSR count). The van der Waals surface area contributed by atoms with Gasteiger partial charge in [-0.2, -0.15) is 0 Å². The van der Waals surface area contributed by atoms with Crippen molar-refractivity contribution in [2.45, 2.75) is 69.1 Å². The van der Waals surface area contributed by atoms with Gasteiger partial charge < -0.3 is 59.9 Å². The van der Waals surface area contributed by atoms with Crippen molar-refractivity contribution in [3.05, 3.63) is 29.8 Å². The Bertz CT molecular complexity index is 1180. The Morgan fingerprint density at radius 1 is 0.705 bits per heavy atom. The smallest absolute Gasteiger partial charge is 0.326 e. The van der Waals surface area contributed by atoms with E-state index in [-0.39, 0.29) is 75.7 Å². The molecule has 0 aromatic heterocycles. The van der Waals surface area contributed by atoms with Crippen molar-refractivity contribution >= 4 is 41.6 Å². The van der Waals surface area contributed by atoms with Crippen molar-refractivity contribution < 1.29 is 39.3 Å². The summed E-state index contributed by atoms with van der Waals surface area (Å²) in [4.78, 5) is 69.8. The molecular weight excluding hydrogens is 580 g/mol. The van der Waals surface area contributed by atoms with Crippen LogP contribution in [0.2, 0.25) is 0 Å². The molecule has 18 nitrogen and oxygen atoms in total. The summed E-state index contributed by atoms with van der Waals surface area (Å²) < 4.78 is 0. The second-order valence-corrected chi connectivity index (χ2v) is 9.83. The van der Waals surface area contributed by atoms with E-state index in [1.54, 1.807) is 0 Å². The summed E-state index contributed by atoms with van der Waals surface area (Å²) in [5.41, 5.74) is 27.6. The van der Waals surface area contributed by atoms with E-state index >= 15 is 0 Å². The third kappa shape index (κ3) is 15.2. The predicted octanol–water partition coefficient (Wildman–Crippen LogP) is -3.23. The van der Waals surface area contributed by atoms with Gasteiger partial charge in [0.15, 0.2) is 11.9 Å². The van der Waals surface area contributed by atoms with E-state index in [2.05, 4.69) is 25.9 Å². The number of amides is 3. The number of phenolic OH excluding ortho intramolecular Hbond substituents is 1. The summed E-state index contributed by atoms with van der Waals surface area (Å²) in [6.07, 6.45) is -0.213. The number of rotatable bonds is 20. The van der Waals surface area contributed by atoms with Crippen LogP contribution in [0.4, 0.5) is 0 Å². The van der Waals surface area contributed by atoms with Gasteiger partial charge in [0.1, 0.15) is 23.9 Å². The van der Waals surface area contributed by atoms with E-state index in [1.165, 1.54) is 24.3 Å². The molecule has 18 heteroatoms. The van der Waals surface area contributed by atoms with Gasteiger partial charge in [-0.25, -0.2) is 4.79 Å². The molecule has 0 heterocycles. The largest absolute Gasteiger partial charge is 0.508 e. The van der Waals surface area contributed by atoms with Crippen molar-refractivity contribution in [2.75, 3.05) is 13.1 Å². The van der Waals surface area contributed by atoms with Crippen LogP contribution < -0.4 is 44.6 Å². The minimum Gasteiger partial charge on any atom is -0.508 e. The van der Waals surface area contributed by atoms with E-state index in [0.29, 0.717) is 5.56 Å². The molecule has 0 radical (unpaired) electrons. The Hall–Kier alpha value is -5.13. The fraction of sp³-hybridized carbons (Fsp3) is 0.500. The standard InChI is InChI=1S/C26H42N10O8/c27-16(9-10-20(38)39)21(40)34-17(3-1-11-32-25(28)29)22(41)36-19(13-14-5-7-15(37)8-6-14)23(42)35-18(24(43)44)4-2-12-33-26(30)31/h5-8,16-19,37H,1-4,9-13,27H2,(H,34,40)(H,35,42)(H,36,41)(H,38,39)(H,43,44)(H4,28,29,32)(H4,30,31,33). The van der Waals surface area contributed by atoms with Crippen molar-refractivity contribution in [1.29, 1.82) is 0 Å². The highest BCUT2D eigenvalue weighted by Crippen LogP contribution is 2.13. The molecular formula is C26H42N10O8. The van der Waals surface area contributed by atoms with E-state index in [4.69, 9.17) is 33.8 Å². The number of carboxylic acid groups (broad SMARTS) is 2. The van der Waals surface area contributed by atoms with Gasteiger partial charge in [0.2, 0.25) is 17.7 Å². The normalized spacial score (nSPS) is 13.3. The Balaban J connectivity index is 3.18. The third-order valence-electron chi connectivity index (χ3n) is 6.15. The van der Waals surface area contributed by atoms with Gasteiger partial charge in [0.05, 0.1) is 6.04 Å². The van der Waals surface area contributed by atoms with Crippen LogP contribution in [0.3, 0.4) is 0 Å². The zero-order valence-corrected chi connectivity index (χ0v) is 24.1. The number of phenols is 1. The Kier molecular flexibility index (Phi) is 16.0. The Morgan fingerprint density at radius 3 is 1.68 bits per heavy atom. The van der Waals surface area contributed by atoms with Gasteiger partial charge in [-0.3, -0.25) is 29.2 Å². The van der Waals surface area contributed by atoms with Crippen molar-refractivity contribution in [3.63, 3.8) is 0 Å². The number of benzene rings is 1. The zero-order chi connectivity index (χ0) is 33.2. The highest BCUT2D eigenvalue weighted by atomic mass is 16.4. The fourth-order valence-corrected chi connectivity index (χ4v) is 3.84. The molecule has 16 N–H and O–H groups in total. The van der Waals surface area contributed by atoms with Crippen LogP contribution in [-0.4, -0.2) is 94.2 Å². The van der Waals surface area contributed by atoms with Crippen LogP contribution in [0.15, 0.2) is 34.3 Å². The van der Waals surface area contributed by atoms with Crippen LogP contribution in [0.1, 0.15) is 44.1 Å². The highest BCUT2D eigenvalue weighted by molar-refractivity contribution is 5.94. The van der Waals surface area contributed by atoms with E-state index in [1.807, 2.05) is 0 Å². The van der Waals surface area contributed by atoms with Gasteiger partial charge in [-0.15, -0.1) is 0 Å². The number of nitrogens with one attached hydrogen (secondary N) is 3. The second-order valence-electron chi connectivity index (χ2n) is 9.83. The number of aliphatic carboxylic acids is 2. The van der Waals surface area contributed by atoms with Crippen LogP contribution in [-0.2, 0) is 30.4 Å². The molecule has 0 bridgehead atoms. The molecule has 0 aliphatic carbocycles. The second kappa shape index (κ2) is 19.1. The lowest BCUT2D eigenvalue weighted by Gasteiger charge is -2.25. The number of carboxylic acids is 2. The number of nitrogens with two attached hydrogens (primary N) is 5. The fourth-order valence-electron chi connectivity index (χ4n) is 3.84. The number of carbonyl (C=O) groups excluding carboxylic acids is 3. The Morgan fingerprint density at radius 2 is 1.18 bits per heavy atom. The maximum absolute atomic E-state index is 13.4. The number of guanidine groups is 2. The van der Waals surface area contributed by atoms with Crippen LogP contribution in [0, 0.1) is 0 Å². The van der Waals surface area contributed by atoms with E-state index < -0.39 is 53.8 Å². The number of aliphatic imine (C=N–C) groups is 2. The quantitative estimate of drug-likeness (QED) is 0.0387. The van der Waals surface area contributed by atoms with Gasteiger partial charge >= 0.3 is 11.9 Å². The first kappa shape index (κ1) is 36.9. The lowest BCUT2D eigenvalue weighted by molar-refractivity contribution is -0.142. The first-order chi connectivity index (χ1) is 20.7. The van der Waals surface area contributed by atoms with Crippen molar-refractivity contribution in [2.24, 2.45) is 38.7 Å². The first-order valence-electron chi connectivity index (χ1n) is 13.7. The molecule has 1 aromatic carbocycles. The van der Waals surface area contributed by atoms with Crippen LogP contribution in [0.5, 0.6) is 5.75 Å². The maximum atomic E-state index is 13.4. The molecule has 4 atom stereocenters. The lowest BCUT2D eigenvalue weighted by atomic mass is 10.0. The monoisotopic (exact) mass is 622 g/mol. The summed E-state index contributed by atoms with van der Waals surface area (Å²) in [6.45, 7) is 0.246. The topological polar surface area (TPSA) is 337 Å². The molecule has 0 saturated heterocycles. The summed E-state index contributed by atoms with van der Waals surface area (Å²) in [6, 6.07) is 0.663. The maximum Gasteiger partial charge on any atom is 0.326 e. The summed E-state index contributed by atoms with van der Waals surface area (Å²) in [5.74, 6) is -5.27. The molecule has 0 fully saturated rings. The average molecular weight is 623 g/mol. The molecule has 1 aromatic rings. The molecule has 44 heavy (non-hydrogen) atoms. The summed E-state index contributed by atoms with van der Waals surface area (Å²) in [7, 11) is 0. The highest BCUT2D eigenvalue weighted by Gasteiger charge is 2.30. The number of hydrogen-bond acceptors (Lipinski definition) is 9. The molecule has 0 saturated carbocycles. The molecule has 0 aliphatic heterocycles. The first-order valence-corrected chi connectivity index (χ1v) is 13.7. The minimum absolute atomic E-state index is 0.0100. The summed E-state index contributed by atoms with van der Waals surface area (Å²) >= 11 is 0. The van der Waals surface area contributed by atoms with Crippen molar-refractivity contribution in [1.82, 2.24) is 16.0 Å². The van der Waals surface area contributed by atoms with Crippen LogP contribution >= 0.6 is 0 Å². The van der Waals surface area contributed by atoms with Gasteiger partial charge in [0.25, 0.3) is 0 Å². The zero-order valence-electron chi connectivity index (χ0n) is 24.1. The molecule has 0 spiro atoms. The van der Waals surface area contributed by atoms with E-state index in [9.17, 15) is 34.2 Å². The molecule has 244 valence electrons. The predicted molar refractivity (Wildman–Crippen MR) is 160 cm³/mol. The molecule has 3 amide bonds. The number of carbonyl (C=O) groups is 5. The van der Waals surface area contributed by atoms with Crippen LogP contribution in [0.25, 0.3) is 0 Å². The van der Waals surface area contributed by atoms with Crippen molar-refractivity contribution in [3.8, 4) is 5.75 Å². The summed E-state index contributed by atoms with van der Waals surface area (Å²) in [5, 5.41) is 35.6. The minimum atomic E-state index is -1.33. The SMILES string of the molecule is NC(N)=NCCCC(NC(=O)C(Cc1ccc(O)cc1)NC(=O)C(CCCN=C(N)N)NC(=O)C(N)CCC(=O)O)C(=O)O. The van der Waals surface area contributed by atoms with Gasteiger partial charge in [0, 0.05) is 25.9 Å². The number of aromatic hydroxyl groups is 1.